The number of rotatable bonds is 7. The van der Waals surface area contributed by atoms with E-state index in [2.05, 4.69) is 31.0 Å². The van der Waals surface area contributed by atoms with Gasteiger partial charge in [-0.15, -0.1) is 0 Å². The molecule has 0 bridgehead atoms. The Balaban J connectivity index is 1.63. The molecule has 2 aromatic carbocycles. The summed E-state index contributed by atoms with van der Waals surface area (Å²) in [6.45, 7) is 3.57. The maximum atomic E-state index is 12.0. The fraction of sp³-hybridized carbons (Fsp3) is 0.143. The molecule has 0 saturated heterocycles. The van der Waals surface area contributed by atoms with E-state index in [-0.39, 0.29) is 18.0 Å². The van der Waals surface area contributed by atoms with Crippen LogP contribution in [0.5, 0.6) is 5.75 Å². The second-order valence-electron chi connectivity index (χ2n) is 6.44. The van der Waals surface area contributed by atoms with Crippen molar-refractivity contribution >= 4 is 33.7 Å². The predicted molar refractivity (Wildman–Crippen MR) is 117 cm³/mol. The Kier molecular flexibility index (Phi) is 6.63. The lowest BCUT2D eigenvalue weighted by molar-refractivity contribution is -0.385. The van der Waals surface area contributed by atoms with Gasteiger partial charge in [0.05, 0.1) is 11.1 Å². The van der Waals surface area contributed by atoms with Gasteiger partial charge in [-0.1, -0.05) is 28.1 Å². The Morgan fingerprint density at radius 1 is 1.23 bits per heavy atom. The number of hydrogen-bond donors (Lipinski definition) is 1. The van der Waals surface area contributed by atoms with E-state index in [0.29, 0.717) is 0 Å². The Labute approximate surface area is 181 Å². The highest BCUT2D eigenvalue weighted by atomic mass is 79.9. The number of carbonyl (C=O) groups excluding carboxylic acids is 1. The number of halogens is 1. The number of benzene rings is 2. The quantitative estimate of drug-likeness (QED) is 0.316. The van der Waals surface area contributed by atoms with Gasteiger partial charge in [0.25, 0.3) is 5.91 Å². The van der Waals surface area contributed by atoms with Gasteiger partial charge in [0, 0.05) is 33.2 Å². The highest BCUT2D eigenvalue weighted by Crippen LogP contribution is 2.25. The van der Waals surface area contributed by atoms with Crippen LogP contribution in [-0.4, -0.2) is 28.2 Å². The third-order valence-corrected chi connectivity index (χ3v) is 4.90. The standard InChI is InChI=1S/C21H19BrN4O4/c1-14-11-16(15(2)25(14)18-9-7-17(22)8-10-18)12-23-24-21(27)13-30-20-6-4-3-5-19(20)26(28)29/h3-12H,13H2,1-2H3,(H,24,27)/b23-12+. The van der Waals surface area contributed by atoms with Gasteiger partial charge in [-0.25, -0.2) is 5.43 Å². The first-order chi connectivity index (χ1) is 14.4. The van der Waals surface area contributed by atoms with E-state index in [1.54, 1.807) is 12.3 Å². The number of ether oxygens (including phenoxy) is 1. The zero-order valence-electron chi connectivity index (χ0n) is 16.3. The van der Waals surface area contributed by atoms with Crippen molar-refractivity contribution in [2.75, 3.05) is 6.61 Å². The van der Waals surface area contributed by atoms with Crippen LogP contribution >= 0.6 is 15.9 Å². The van der Waals surface area contributed by atoms with Crippen molar-refractivity contribution in [3.63, 3.8) is 0 Å². The summed E-state index contributed by atoms with van der Waals surface area (Å²) >= 11 is 3.43. The van der Waals surface area contributed by atoms with Gasteiger partial charge >= 0.3 is 5.69 Å². The molecule has 8 nitrogen and oxygen atoms in total. The number of nitro benzene ring substituents is 1. The highest BCUT2D eigenvalue weighted by molar-refractivity contribution is 9.10. The lowest BCUT2D eigenvalue weighted by atomic mass is 10.2. The average molecular weight is 471 g/mol. The zero-order valence-corrected chi connectivity index (χ0v) is 17.9. The lowest BCUT2D eigenvalue weighted by Gasteiger charge is -2.09. The summed E-state index contributed by atoms with van der Waals surface area (Å²) in [5, 5.41) is 14.9. The van der Waals surface area contributed by atoms with Crippen LogP contribution in [0.25, 0.3) is 5.69 Å². The highest BCUT2D eigenvalue weighted by Gasteiger charge is 2.15. The molecule has 0 saturated carbocycles. The number of nitro groups is 1. The summed E-state index contributed by atoms with van der Waals surface area (Å²) in [5.74, 6) is -0.495. The minimum absolute atomic E-state index is 0.0275. The van der Waals surface area contributed by atoms with Crippen molar-refractivity contribution in [1.82, 2.24) is 9.99 Å². The summed E-state index contributed by atoms with van der Waals surface area (Å²) < 4.78 is 8.33. The van der Waals surface area contributed by atoms with E-state index in [9.17, 15) is 14.9 Å². The molecule has 30 heavy (non-hydrogen) atoms. The number of nitrogens with one attached hydrogen (secondary N) is 1. The fourth-order valence-electron chi connectivity index (χ4n) is 2.99. The first-order valence-corrected chi connectivity index (χ1v) is 9.79. The topological polar surface area (TPSA) is 98.8 Å². The van der Waals surface area contributed by atoms with Crippen molar-refractivity contribution in [2.45, 2.75) is 13.8 Å². The normalized spacial score (nSPS) is 10.9. The maximum Gasteiger partial charge on any atom is 0.310 e. The predicted octanol–water partition coefficient (Wildman–Crippen LogP) is 4.29. The summed E-state index contributed by atoms with van der Waals surface area (Å²) in [4.78, 5) is 22.4. The van der Waals surface area contributed by atoms with Crippen LogP contribution in [0.15, 0.2) is 64.2 Å². The van der Waals surface area contributed by atoms with Crippen molar-refractivity contribution in [3.8, 4) is 11.4 Å². The molecule has 0 spiro atoms. The number of aromatic nitrogens is 1. The molecule has 9 heteroatoms. The zero-order chi connectivity index (χ0) is 21.7. The second kappa shape index (κ2) is 9.36. The van der Waals surface area contributed by atoms with Crippen LogP contribution in [0.3, 0.4) is 0 Å². The van der Waals surface area contributed by atoms with Crippen molar-refractivity contribution in [2.24, 2.45) is 5.10 Å². The molecule has 1 heterocycles. The molecule has 0 atom stereocenters. The SMILES string of the molecule is Cc1cc(/C=N/NC(=O)COc2ccccc2[N+](=O)[O-])c(C)n1-c1ccc(Br)cc1. The number of nitrogens with zero attached hydrogens (tertiary/aromatic N) is 3. The van der Waals surface area contributed by atoms with Crippen molar-refractivity contribution in [1.29, 1.82) is 0 Å². The lowest BCUT2D eigenvalue weighted by Crippen LogP contribution is -2.24. The smallest absolute Gasteiger partial charge is 0.310 e. The molecule has 3 aromatic rings. The molecule has 1 amide bonds. The second-order valence-corrected chi connectivity index (χ2v) is 7.36. The van der Waals surface area contributed by atoms with Gasteiger partial charge in [0.2, 0.25) is 0 Å². The summed E-state index contributed by atoms with van der Waals surface area (Å²) in [7, 11) is 0. The van der Waals surface area contributed by atoms with E-state index in [1.807, 2.05) is 44.2 Å². The first kappa shape index (κ1) is 21.3. The van der Waals surface area contributed by atoms with E-state index in [1.165, 1.54) is 18.2 Å². The molecule has 0 unspecified atom stereocenters. The number of hydrazone groups is 1. The summed E-state index contributed by atoms with van der Waals surface area (Å²) in [5.41, 5.74) is 6.06. The number of aryl methyl sites for hydroxylation is 1. The van der Waals surface area contributed by atoms with Gasteiger partial charge in [-0.3, -0.25) is 14.9 Å². The van der Waals surface area contributed by atoms with E-state index >= 15 is 0 Å². The van der Waals surface area contributed by atoms with E-state index in [4.69, 9.17) is 4.74 Å². The molecule has 1 N–H and O–H groups in total. The van der Waals surface area contributed by atoms with Gasteiger partial charge in [-0.2, -0.15) is 5.10 Å². The number of hydrogen-bond acceptors (Lipinski definition) is 5. The van der Waals surface area contributed by atoms with Crippen LogP contribution in [0.1, 0.15) is 17.0 Å². The van der Waals surface area contributed by atoms with Gasteiger partial charge in [0.15, 0.2) is 12.4 Å². The Morgan fingerprint density at radius 3 is 2.63 bits per heavy atom. The minimum Gasteiger partial charge on any atom is -0.477 e. The van der Waals surface area contributed by atoms with Crippen LogP contribution in [0.4, 0.5) is 5.69 Å². The van der Waals surface area contributed by atoms with Gasteiger partial charge in [-0.05, 0) is 50.2 Å². The molecule has 1 aromatic heterocycles. The average Bonchev–Trinajstić information content (AvgIpc) is 3.00. The molecular formula is C21H19BrN4O4. The number of para-hydroxylation sites is 2. The Bertz CT molecular complexity index is 1110. The van der Waals surface area contributed by atoms with Crippen molar-refractivity contribution in [3.05, 3.63) is 86.1 Å². The third-order valence-electron chi connectivity index (χ3n) is 4.37. The molecule has 0 aliphatic rings. The molecular weight excluding hydrogens is 452 g/mol. The van der Waals surface area contributed by atoms with Gasteiger partial charge in [0.1, 0.15) is 0 Å². The third kappa shape index (κ3) is 4.93. The largest absolute Gasteiger partial charge is 0.477 e. The minimum atomic E-state index is -0.563. The molecule has 0 aliphatic heterocycles. The maximum absolute atomic E-state index is 12.0. The van der Waals surface area contributed by atoms with Crippen LogP contribution in [0.2, 0.25) is 0 Å². The molecule has 0 fully saturated rings. The van der Waals surface area contributed by atoms with Gasteiger partial charge < -0.3 is 9.30 Å². The first-order valence-electron chi connectivity index (χ1n) is 9.00. The van der Waals surface area contributed by atoms with Crippen LogP contribution in [0, 0.1) is 24.0 Å². The van der Waals surface area contributed by atoms with Crippen LogP contribution < -0.4 is 10.2 Å². The monoisotopic (exact) mass is 470 g/mol. The van der Waals surface area contributed by atoms with Crippen LogP contribution in [-0.2, 0) is 4.79 Å². The Hall–Kier alpha value is -3.46. The molecule has 0 radical (unpaired) electrons. The molecule has 154 valence electrons. The Morgan fingerprint density at radius 2 is 1.93 bits per heavy atom. The fourth-order valence-corrected chi connectivity index (χ4v) is 3.25. The van der Waals surface area contributed by atoms with E-state index in [0.717, 1.165) is 27.1 Å². The molecule has 0 aliphatic carbocycles. The van der Waals surface area contributed by atoms with Crippen molar-refractivity contribution < 1.29 is 14.5 Å². The summed E-state index contributed by atoms with van der Waals surface area (Å²) in [6.07, 6.45) is 1.56. The molecule has 3 rings (SSSR count). The van der Waals surface area contributed by atoms with E-state index < -0.39 is 10.8 Å². The summed E-state index contributed by atoms with van der Waals surface area (Å²) in [6, 6.07) is 15.8. The number of amides is 1. The number of carbonyl (C=O) groups is 1.